The van der Waals surface area contributed by atoms with Gasteiger partial charge in [-0.25, -0.2) is 4.39 Å². The molecule has 0 amide bonds. The summed E-state index contributed by atoms with van der Waals surface area (Å²) in [6.07, 6.45) is 2.30. The summed E-state index contributed by atoms with van der Waals surface area (Å²) in [4.78, 5) is 0. The van der Waals surface area contributed by atoms with Gasteiger partial charge < -0.3 is 4.74 Å². The second-order valence-corrected chi connectivity index (χ2v) is 5.24. The van der Waals surface area contributed by atoms with Crippen molar-refractivity contribution in [2.24, 2.45) is 0 Å². The molecular formula is C11H11Br2FO. The molecule has 4 heteroatoms. The summed E-state index contributed by atoms with van der Waals surface area (Å²) in [7, 11) is 0. The van der Waals surface area contributed by atoms with E-state index >= 15 is 0 Å². The third-order valence-electron chi connectivity index (χ3n) is 2.54. The van der Waals surface area contributed by atoms with Crippen molar-refractivity contribution in [2.75, 3.05) is 5.33 Å². The Morgan fingerprint density at radius 1 is 1.33 bits per heavy atom. The molecule has 82 valence electrons. The fourth-order valence-electron chi connectivity index (χ4n) is 1.83. The van der Waals surface area contributed by atoms with E-state index in [9.17, 15) is 4.39 Å². The van der Waals surface area contributed by atoms with Gasteiger partial charge in [0.15, 0.2) is 0 Å². The highest BCUT2D eigenvalue weighted by Crippen LogP contribution is 2.34. The molecule has 0 aromatic heterocycles. The van der Waals surface area contributed by atoms with Crippen LogP contribution in [0.4, 0.5) is 4.39 Å². The molecule has 0 spiro atoms. The molecular weight excluding hydrogens is 327 g/mol. The molecule has 0 N–H and O–H groups in total. The Morgan fingerprint density at radius 2 is 2.13 bits per heavy atom. The minimum absolute atomic E-state index is 0.0412. The minimum atomic E-state index is -0.217. The monoisotopic (exact) mass is 336 g/mol. The molecule has 0 saturated carbocycles. The lowest BCUT2D eigenvalue weighted by Crippen LogP contribution is -2.07. The van der Waals surface area contributed by atoms with E-state index in [1.807, 2.05) is 6.07 Å². The van der Waals surface area contributed by atoms with E-state index in [4.69, 9.17) is 4.74 Å². The zero-order valence-corrected chi connectivity index (χ0v) is 11.2. The molecule has 1 saturated heterocycles. The molecule has 0 bridgehead atoms. The number of hydrogen-bond donors (Lipinski definition) is 0. The standard InChI is InChI=1S/C11H11Br2FO/c12-6-10-1-2-11(15-10)7-3-8(13)5-9(14)4-7/h3-5,10-11H,1-2,6H2. The van der Waals surface area contributed by atoms with Crippen molar-refractivity contribution in [3.63, 3.8) is 0 Å². The van der Waals surface area contributed by atoms with Crippen LogP contribution in [0.2, 0.25) is 0 Å². The number of halogens is 3. The van der Waals surface area contributed by atoms with Gasteiger partial charge >= 0.3 is 0 Å². The molecule has 2 atom stereocenters. The molecule has 15 heavy (non-hydrogen) atoms. The first kappa shape index (κ1) is 11.6. The van der Waals surface area contributed by atoms with Crippen molar-refractivity contribution in [1.29, 1.82) is 0 Å². The first-order chi connectivity index (χ1) is 7.19. The molecule has 2 rings (SSSR count). The first-order valence-electron chi connectivity index (χ1n) is 4.86. The van der Waals surface area contributed by atoms with Crippen molar-refractivity contribution in [3.05, 3.63) is 34.1 Å². The summed E-state index contributed by atoms with van der Waals surface area (Å²) in [6.45, 7) is 0. The van der Waals surface area contributed by atoms with Gasteiger partial charge in [0, 0.05) is 9.80 Å². The van der Waals surface area contributed by atoms with Crippen LogP contribution in [-0.2, 0) is 4.74 Å². The van der Waals surface area contributed by atoms with Gasteiger partial charge in [0.2, 0.25) is 0 Å². The number of alkyl halides is 1. The number of ether oxygens (including phenoxy) is 1. The van der Waals surface area contributed by atoms with Crippen LogP contribution in [0.15, 0.2) is 22.7 Å². The summed E-state index contributed by atoms with van der Waals surface area (Å²) in [6, 6.07) is 4.93. The minimum Gasteiger partial charge on any atom is -0.369 e. The van der Waals surface area contributed by atoms with Crippen LogP contribution >= 0.6 is 31.9 Å². The second-order valence-electron chi connectivity index (χ2n) is 3.68. The molecule has 0 aliphatic carbocycles. The van der Waals surface area contributed by atoms with Crippen molar-refractivity contribution in [2.45, 2.75) is 25.0 Å². The summed E-state index contributed by atoms with van der Waals surface area (Å²) < 4.78 is 19.7. The predicted octanol–water partition coefficient (Wildman–Crippen LogP) is 4.20. The van der Waals surface area contributed by atoms with E-state index in [1.54, 1.807) is 6.07 Å². The third-order valence-corrected chi connectivity index (χ3v) is 3.72. The quantitative estimate of drug-likeness (QED) is 0.735. The highest BCUT2D eigenvalue weighted by atomic mass is 79.9. The molecule has 1 aliphatic rings. The van der Waals surface area contributed by atoms with Crippen LogP contribution in [0.25, 0.3) is 0 Å². The zero-order chi connectivity index (χ0) is 10.8. The molecule has 1 nitrogen and oxygen atoms in total. The third kappa shape index (κ3) is 2.80. The molecule has 1 aromatic carbocycles. The maximum absolute atomic E-state index is 13.2. The Bertz CT molecular complexity index is 336. The van der Waals surface area contributed by atoms with Gasteiger partial charge in [-0.15, -0.1) is 0 Å². The summed E-state index contributed by atoms with van der Waals surface area (Å²) in [5.74, 6) is -0.217. The van der Waals surface area contributed by atoms with Crippen molar-refractivity contribution < 1.29 is 9.13 Å². The van der Waals surface area contributed by atoms with Gasteiger partial charge in [0.1, 0.15) is 5.82 Å². The van der Waals surface area contributed by atoms with Crippen LogP contribution < -0.4 is 0 Å². The van der Waals surface area contributed by atoms with E-state index in [-0.39, 0.29) is 18.0 Å². The molecule has 0 radical (unpaired) electrons. The molecule has 1 fully saturated rings. The summed E-state index contributed by atoms with van der Waals surface area (Å²) in [5.41, 5.74) is 0.922. The van der Waals surface area contributed by atoms with Crippen LogP contribution in [-0.4, -0.2) is 11.4 Å². The highest BCUT2D eigenvalue weighted by molar-refractivity contribution is 9.10. The molecule has 1 heterocycles. The maximum Gasteiger partial charge on any atom is 0.124 e. The van der Waals surface area contributed by atoms with E-state index in [0.717, 1.165) is 28.2 Å². The van der Waals surface area contributed by atoms with Gasteiger partial charge in [-0.1, -0.05) is 31.9 Å². The Morgan fingerprint density at radius 3 is 2.73 bits per heavy atom. The lowest BCUT2D eigenvalue weighted by molar-refractivity contribution is 0.0586. The average Bonchev–Trinajstić information content (AvgIpc) is 2.64. The van der Waals surface area contributed by atoms with E-state index in [0.29, 0.717) is 0 Å². The van der Waals surface area contributed by atoms with Gasteiger partial charge in [0.05, 0.1) is 12.2 Å². The largest absolute Gasteiger partial charge is 0.369 e. The number of rotatable bonds is 2. The topological polar surface area (TPSA) is 9.23 Å². The fraction of sp³-hybridized carbons (Fsp3) is 0.455. The predicted molar refractivity (Wildman–Crippen MR) is 64.7 cm³/mol. The molecule has 1 aromatic rings. The zero-order valence-electron chi connectivity index (χ0n) is 8.05. The van der Waals surface area contributed by atoms with Gasteiger partial charge in [-0.2, -0.15) is 0 Å². The van der Waals surface area contributed by atoms with Crippen molar-refractivity contribution >= 4 is 31.9 Å². The normalized spacial score (nSPS) is 25.8. The van der Waals surface area contributed by atoms with Crippen LogP contribution in [0.3, 0.4) is 0 Å². The van der Waals surface area contributed by atoms with E-state index in [1.165, 1.54) is 6.07 Å². The second kappa shape index (κ2) is 4.93. The van der Waals surface area contributed by atoms with Gasteiger partial charge in [-0.05, 0) is 36.6 Å². The lowest BCUT2D eigenvalue weighted by Gasteiger charge is -2.12. The van der Waals surface area contributed by atoms with Crippen molar-refractivity contribution in [3.8, 4) is 0 Å². The van der Waals surface area contributed by atoms with Crippen LogP contribution in [0.1, 0.15) is 24.5 Å². The summed E-state index contributed by atoms with van der Waals surface area (Å²) in [5, 5.41) is 0.847. The lowest BCUT2D eigenvalue weighted by atomic mass is 10.1. The Hall–Kier alpha value is 0.0700. The van der Waals surface area contributed by atoms with Crippen LogP contribution in [0.5, 0.6) is 0 Å². The van der Waals surface area contributed by atoms with Crippen LogP contribution in [0, 0.1) is 5.82 Å². The van der Waals surface area contributed by atoms with E-state index in [2.05, 4.69) is 31.9 Å². The van der Waals surface area contributed by atoms with Gasteiger partial charge in [-0.3, -0.25) is 0 Å². The van der Waals surface area contributed by atoms with Gasteiger partial charge in [0.25, 0.3) is 0 Å². The Balaban J connectivity index is 2.16. The molecule has 1 aliphatic heterocycles. The fourth-order valence-corrected chi connectivity index (χ4v) is 2.78. The highest BCUT2D eigenvalue weighted by Gasteiger charge is 2.26. The Labute approximate surface area is 105 Å². The number of hydrogen-bond acceptors (Lipinski definition) is 1. The SMILES string of the molecule is Fc1cc(Br)cc(C2CCC(CBr)O2)c1. The average molecular weight is 338 g/mol. The first-order valence-corrected chi connectivity index (χ1v) is 6.78. The molecule has 2 unspecified atom stereocenters. The smallest absolute Gasteiger partial charge is 0.124 e. The number of benzene rings is 1. The Kier molecular flexibility index (Phi) is 3.80. The maximum atomic E-state index is 13.2. The van der Waals surface area contributed by atoms with E-state index < -0.39 is 0 Å². The summed E-state index contributed by atoms with van der Waals surface area (Å²) >= 11 is 6.68. The van der Waals surface area contributed by atoms with Crippen molar-refractivity contribution in [1.82, 2.24) is 0 Å².